The molecule has 0 aromatic rings. The van der Waals surface area contributed by atoms with E-state index in [0.29, 0.717) is 0 Å². The molecule has 13 heavy (non-hydrogen) atoms. The number of rotatable bonds is 4. The van der Waals surface area contributed by atoms with E-state index in [4.69, 9.17) is 10.2 Å². The van der Waals surface area contributed by atoms with Crippen LogP contribution in [0.3, 0.4) is 0 Å². The summed E-state index contributed by atoms with van der Waals surface area (Å²) in [5.74, 6) is -2.16. The molecule has 1 heterocycles. The number of hydrogen-bond acceptors (Lipinski definition) is 3. The quantitative estimate of drug-likeness (QED) is 0.572. The first-order chi connectivity index (χ1) is 6.06. The van der Waals surface area contributed by atoms with E-state index in [9.17, 15) is 9.59 Å². The van der Waals surface area contributed by atoms with E-state index in [1.165, 1.54) is 0 Å². The van der Waals surface area contributed by atoms with Crippen molar-refractivity contribution >= 4 is 11.9 Å². The van der Waals surface area contributed by atoms with Crippen molar-refractivity contribution in [3.8, 4) is 0 Å². The Hall–Kier alpha value is -1.10. The Morgan fingerprint density at radius 2 is 2.00 bits per heavy atom. The normalized spacial score (nSPS) is 32.2. The van der Waals surface area contributed by atoms with Crippen LogP contribution < -0.4 is 5.32 Å². The van der Waals surface area contributed by atoms with E-state index in [-0.39, 0.29) is 18.4 Å². The van der Waals surface area contributed by atoms with Crippen molar-refractivity contribution in [3.63, 3.8) is 0 Å². The zero-order valence-electron chi connectivity index (χ0n) is 7.36. The molecule has 0 aromatic heterocycles. The first kappa shape index (κ1) is 9.98. The van der Waals surface area contributed by atoms with Gasteiger partial charge in [-0.05, 0) is 6.42 Å². The largest absolute Gasteiger partial charge is 0.481 e. The molecule has 0 aliphatic carbocycles. The molecule has 5 heteroatoms. The van der Waals surface area contributed by atoms with Crippen LogP contribution >= 0.6 is 0 Å². The van der Waals surface area contributed by atoms with Crippen LogP contribution in [-0.2, 0) is 9.59 Å². The third-order valence-corrected chi connectivity index (χ3v) is 2.45. The average Bonchev–Trinajstić information content (AvgIpc) is 1.98. The first-order valence-electron chi connectivity index (χ1n) is 4.27. The van der Waals surface area contributed by atoms with Crippen molar-refractivity contribution in [1.29, 1.82) is 0 Å². The van der Waals surface area contributed by atoms with Crippen LogP contribution in [0.5, 0.6) is 0 Å². The van der Waals surface area contributed by atoms with Gasteiger partial charge in [-0.3, -0.25) is 9.59 Å². The highest BCUT2D eigenvalue weighted by atomic mass is 16.4. The fourth-order valence-corrected chi connectivity index (χ4v) is 1.73. The highest BCUT2D eigenvalue weighted by Crippen LogP contribution is 2.26. The number of nitrogens with one attached hydrogen (secondary N) is 1. The summed E-state index contributed by atoms with van der Waals surface area (Å²) >= 11 is 0. The number of aliphatic carboxylic acids is 2. The van der Waals surface area contributed by atoms with Gasteiger partial charge in [-0.15, -0.1) is 0 Å². The van der Waals surface area contributed by atoms with Crippen molar-refractivity contribution in [2.75, 3.05) is 0 Å². The zero-order chi connectivity index (χ0) is 10.0. The van der Waals surface area contributed by atoms with Gasteiger partial charge in [0.2, 0.25) is 0 Å². The van der Waals surface area contributed by atoms with Gasteiger partial charge in [0.25, 0.3) is 0 Å². The van der Waals surface area contributed by atoms with Crippen molar-refractivity contribution in [3.05, 3.63) is 0 Å². The van der Waals surface area contributed by atoms with Crippen LogP contribution in [0.25, 0.3) is 0 Å². The molecule has 0 bridgehead atoms. The Labute approximate surface area is 75.7 Å². The molecule has 1 saturated heterocycles. The summed E-state index contributed by atoms with van der Waals surface area (Å²) in [6.45, 7) is 1.91. The van der Waals surface area contributed by atoms with Gasteiger partial charge in [0.1, 0.15) is 6.04 Å². The average molecular weight is 187 g/mol. The highest BCUT2D eigenvalue weighted by molar-refractivity contribution is 5.77. The predicted molar refractivity (Wildman–Crippen MR) is 44.4 cm³/mol. The molecule has 0 radical (unpaired) electrons. The fourth-order valence-electron chi connectivity index (χ4n) is 1.73. The molecule has 3 atom stereocenters. The van der Waals surface area contributed by atoms with E-state index >= 15 is 0 Å². The summed E-state index contributed by atoms with van der Waals surface area (Å²) in [6, 6.07) is -0.641. The summed E-state index contributed by atoms with van der Waals surface area (Å²) in [5, 5.41) is 20.0. The molecule has 0 spiro atoms. The minimum atomic E-state index is -0.962. The molecule has 1 fully saturated rings. The Morgan fingerprint density at radius 1 is 1.38 bits per heavy atom. The van der Waals surface area contributed by atoms with E-state index in [0.717, 1.165) is 6.42 Å². The zero-order valence-corrected chi connectivity index (χ0v) is 7.36. The molecule has 0 saturated carbocycles. The van der Waals surface area contributed by atoms with Crippen LogP contribution in [0.2, 0.25) is 0 Å². The summed E-state index contributed by atoms with van der Waals surface area (Å²) in [5.41, 5.74) is 0. The Kier molecular flexibility index (Phi) is 2.87. The number of carboxylic acid groups (broad SMARTS) is 2. The second kappa shape index (κ2) is 3.74. The maximum Gasteiger partial charge on any atom is 0.321 e. The Bertz CT molecular complexity index is 228. The van der Waals surface area contributed by atoms with Crippen LogP contribution in [0.15, 0.2) is 0 Å². The summed E-state index contributed by atoms with van der Waals surface area (Å²) in [4.78, 5) is 21.0. The van der Waals surface area contributed by atoms with E-state index in [1.54, 1.807) is 0 Å². The predicted octanol–water partition coefficient (Wildman–Crippen LogP) is -0.0877. The first-order valence-corrected chi connectivity index (χ1v) is 4.27. The smallest absolute Gasteiger partial charge is 0.321 e. The van der Waals surface area contributed by atoms with Gasteiger partial charge in [-0.2, -0.15) is 0 Å². The summed E-state index contributed by atoms with van der Waals surface area (Å²) in [6.07, 6.45) is 0.699. The molecule has 1 rings (SSSR count). The lowest BCUT2D eigenvalue weighted by atomic mass is 9.79. The van der Waals surface area contributed by atoms with Gasteiger partial charge in [0.15, 0.2) is 0 Å². The third kappa shape index (κ3) is 1.98. The van der Waals surface area contributed by atoms with Gasteiger partial charge in [0.05, 0.1) is 6.42 Å². The van der Waals surface area contributed by atoms with Crippen molar-refractivity contribution in [2.24, 2.45) is 5.92 Å². The third-order valence-electron chi connectivity index (χ3n) is 2.45. The maximum absolute atomic E-state index is 10.6. The second-order valence-corrected chi connectivity index (χ2v) is 3.26. The molecule has 1 aliphatic rings. The molecule has 0 amide bonds. The number of carboxylic acids is 2. The van der Waals surface area contributed by atoms with Crippen LogP contribution in [0.1, 0.15) is 19.8 Å². The molecule has 3 N–H and O–H groups in total. The SMILES string of the molecule is CC[C@@H]1N[C@H](C(=O)O)[C@H]1CC(=O)O. The number of hydrogen-bond donors (Lipinski definition) is 3. The van der Waals surface area contributed by atoms with Gasteiger partial charge < -0.3 is 15.5 Å². The molecule has 5 nitrogen and oxygen atoms in total. The maximum atomic E-state index is 10.6. The topological polar surface area (TPSA) is 86.6 Å². The molecular formula is C8H13NO4. The van der Waals surface area contributed by atoms with Gasteiger partial charge in [-0.1, -0.05) is 6.92 Å². The van der Waals surface area contributed by atoms with Gasteiger partial charge in [0, 0.05) is 12.0 Å². The molecular weight excluding hydrogens is 174 g/mol. The van der Waals surface area contributed by atoms with Crippen LogP contribution in [0.4, 0.5) is 0 Å². The van der Waals surface area contributed by atoms with Crippen LogP contribution in [0, 0.1) is 5.92 Å². The fraction of sp³-hybridized carbons (Fsp3) is 0.750. The monoisotopic (exact) mass is 187 g/mol. The summed E-state index contributed by atoms with van der Waals surface area (Å²) in [7, 11) is 0. The van der Waals surface area contributed by atoms with E-state index in [1.807, 2.05) is 6.92 Å². The van der Waals surface area contributed by atoms with E-state index < -0.39 is 18.0 Å². The molecule has 0 unspecified atom stereocenters. The number of carbonyl (C=O) groups is 2. The Balaban J connectivity index is 2.53. The van der Waals surface area contributed by atoms with E-state index in [2.05, 4.69) is 5.32 Å². The van der Waals surface area contributed by atoms with Crippen LogP contribution in [-0.4, -0.2) is 34.2 Å². The lowest BCUT2D eigenvalue weighted by Gasteiger charge is -2.42. The highest BCUT2D eigenvalue weighted by Gasteiger charge is 2.44. The lowest BCUT2D eigenvalue weighted by molar-refractivity contribution is -0.148. The van der Waals surface area contributed by atoms with Gasteiger partial charge in [-0.25, -0.2) is 0 Å². The standard InChI is InChI=1S/C8H13NO4/c1-2-5-4(3-6(10)11)7(9-5)8(12)13/h4-5,7,9H,2-3H2,1H3,(H,10,11)(H,12,13)/t4-,5-,7-/m0/s1. The van der Waals surface area contributed by atoms with Gasteiger partial charge >= 0.3 is 11.9 Å². The summed E-state index contributed by atoms with van der Waals surface area (Å²) < 4.78 is 0. The lowest BCUT2D eigenvalue weighted by Crippen LogP contribution is -2.64. The molecule has 74 valence electrons. The van der Waals surface area contributed by atoms with Crippen molar-refractivity contribution in [1.82, 2.24) is 5.32 Å². The Morgan fingerprint density at radius 3 is 2.38 bits per heavy atom. The van der Waals surface area contributed by atoms with Crippen molar-refractivity contribution < 1.29 is 19.8 Å². The second-order valence-electron chi connectivity index (χ2n) is 3.26. The van der Waals surface area contributed by atoms with Crippen molar-refractivity contribution in [2.45, 2.75) is 31.8 Å². The molecule has 0 aromatic carbocycles. The minimum Gasteiger partial charge on any atom is -0.481 e. The minimum absolute atomic E-state index is 0.0391. The molecule has 1 aliphatic heterocycles.